The summed E-state index contributed by atoms with van der Waals surface area (Å²) in [5, 5.41) is 3.17. The van der Waals surface area contributed by atoms with Crippen LogP contribution in [0.1, 0.15) is 37.6 Å². The van der Waals surface area contributed by atoms with E-state index in [2.05, 4.69) is 16.2 Å². The van der Waals surface area contributed by atoms with Crippen molar-refractivity contribution < 1.29 is 14.3 Å². The number of rotatable bonds is 5. The molecular weight excluding hydrogens is 302 g/mol. The number of nitrogens with one attached hydrogen (secondary N) is 3. The smallest absolute Gasteiger partial charge is 0.338 e. The van der Waals surface area contributed by atoms with Gasteiger partial charge in [0.25, 0.3) is 0 Å². The van der Waals surface area contributed by atoms with Gasteiger partial charge in [-0.15, -0.1) is 0 Å². The van der Waals surface area contributed by atoms with Gasteiger partial charge in [0.2, 0.25) is 5.91 Å². The van der Waals surface area contributed by atoms with Crippen molar-refractivity contribution in [1.82, 2.24) is 10.9 Å². The van der Waals surface area contributed by atoms with Crippen molar-refractivity contribution in [3.05, 3.63) is 29.8 Å². The number of carbonyl (C=O) groups excluding carboxylic acids is 2. The fourth-order valence-corrected chi connectivity index (χ4v) is 1.78. The first-order valence-electron chi connectivity index (χ1n) is 7.05. The maximum atomic E-state index is 11.5. The summed E-state index contributed by atoms with van der Waals surface area (Å²) >= 11 is 5.07. The Kier molecular flexibility index (Phi) is 7.31. The number of amides is 1. The van der Waals surface area contributed by atoms with E-state index in [9.17, 15) is 9.59 Å². The molecule has 0 fully saturated rings. The number of esters is 1. The minimum absolute atomic E-state index is 0.128. The predicted molar refractivity (Wildman–Crippen MR) is 89.4 cm³/mol. The average Bonchev–Trinajstić information content (AvgIpc) is 2.45. The van der Waals surface area contributed by atoms with Crippen molar-refractivity contribution in [3.63, 3.8) is 0 Å². The molecule has 1 amide bonds. The van der Waals surface area contributed by atoms with Gasteiger partial charge in [0.15, 0.2) is 5.11 Å². The van der Waals surface area contributed by atoms with E-state index in [-0.39, 0.29) is 22.9 Å². The van der Waals surface area contributed by atoms with Crippen LogP contribution >= 0.6 is 12.2 Å². The molecule has 1 aromatic rings. The van der Waals surface area contributed by atoms with Crippen molar-refractivity contribution in [2.45, 2.75) is 27.2 Å². The monoisotopic (exact) mass is 323 g/mol. The van der Waals surface area contributed by atoms with Crippen LogP contribution in [-0.4, -0.2) is 23.6 Å². The summed E-state index contributed by atoms with van der Waals surface area (Å²) in [6, 6.07) is 6.69. The molecule has 0 aromatic heterocycles. The molecule has 1 aromatic carbocycles. The lowest BCUT2D eigenvalue weighted by Gasteiger charge is -2.12. The first-order chi connectivity index (χ1) is 10.4. The van der Waals surface area contributed by atoms with E-state index in [1.807, 2.05) is 13.8 Å². The molecule has 0 bridgehead atoms. The summed E-state index contributed by atoms with van der Waals surface area (Å²) in [5.74, 6) is -0.216. The maximum absolute atomic E-state index is 11.5. The number of thiocarbonyl (C=S) groups is 1. The number of hydrogen-bond donors (Lipinski definition) is 3. The molecule has 0 saturated heterocycles. The molecule has 0 aliphatic rings. The number of hydrazine groups is 1. The minimum atomic E-state index is -0.365. The van der Waals surface area contributed by atoms with E-state index in [1.54, 1.807) is 31.2 Å². The Balaban J connectivity index is 2.45. The number of carbonyl (C=O) groups is 2. The van der Waals surface area contributed by atoms with Gasteiger partial charge < -0.3 is 10.1 Å². The normalized spacial score (nSPS) is 10.0. The van der Waals surface area contributed by atoms with Gasteiger partial charge >= 0.3 is 5.97 Å². The predicted octanol–water partition coefficient (Wildman–Crippen LogP) is 2.23. The quantitative estimate of drug-likeness (QED) is 0.438. The van der Waals surface area contributed by atoms with Gasteiger partial charge in [0, 0.05) is 12.1 Å². The molecule has 6 nitrogen and oxygen atoms in total. The van der Waals surface area contributed by atoms with Crippen molar-refractivity contribution in [2.75, 3.05) is 11.9 Å². The highest BCUT2D eigenvalue weighted by molar-refractivity contribution is 7.80. The topological polar surface area (TPSA) is 79.5 Å². The SMILES string of the molecule is CCOC(=O)c1ccc(NC(=S)NNC(=O)CC(C)C)cc1. The largest absolute Gasteiger partial charge is 0.462 e. The zero-order chi connectivity index (χ0) is 16.5. The molecule has 0 saturated carbocycles. The lowest BCUT2D eigenvalue weighted by molar-refractivity contribution is -0.122. The van der Waals surface area contributed by atoms with Crippen LogP contribution in [0.5, 0.6) is 0 Å². The third-order valence-corrected chi connectivity index (χ3v) is 2.77. The van der Waals surface area contributed by atoms with Crippen LogP contribution in [0.15, 0.2) is 24.3 Å². The van der Waals surface area contributed by atoms with Crippen LogP contribution in [0.2, 0.25) is 0 Å². The van der Waals surface area contributed by atoms with Crippen molar-refractivity contribution in [1.29, 1.82) is 0 Å². The molecule has 3 N–H and O–H groups in total. The molecule has 7 heteroatoms. The van der Waals surface area contributed by atoms with E-state index in [1.165, 1.54) is 0 Å². The third-order valence-electron chi connectivity index (χ3n) is 2.56. The van der Waals surface area contributed by atoms with Gasteiger partial charge in [-0.1, -0.05) is 13.8 Å². The second-order valence-electron chi connectivity index (χ2n) is 5.02. The third kappa shape index (κ3) is 6.53. The fraction of sp³-hybridized carbons (Fsp3) is 0.400. The first-order valence-corrected chi connectivity index (χ1v) is 7.46. The maximum Gasteiger partial charge on any atom is 0.338 e. The Morgan fingerprint density at radius 3 is 2.36 bits per heavy atom. The summed E-state index contributed by atoms with van der Waals surface area (Å²) in [5.41, 5.74) is 6.30. The molecule has 0 heterocycles. The van der Waals surface area contributed by atoms with Crippen LogP contribution in [0, 0.1) is 5.92 Å². The molecule has 0 aliphatic carbocycles. The summed E-state index contributed by atoms with van der Waals surface area (Å²) < 4.78 is 4.90. The molecule has 0 atom stereocenters. The molecule has 120 valence electrons. The fourth-order valence-electron chi connectivity index (χ4n) is 1.61. The van der Waals surface area contributed by atoms with Crippen LogP contribution in [0.4, 0.5) is 5.69 Å². The number of benzene rings is 1. The molecule has 1 rings (SSSR count). The van der Waals surface area contributed by atoms with E-state index in [4.69, 9.17) is 17.0 Å². The van der Waals surface area contributed by atoms with E-state index in [0.717, 1.165) is 0 Å². The highest BCUT2D eigenvalue weighted by atomic mass is 32.1. The zero-order valence-corrected chi connectivity index (χ0v) is 13.8. The van der Waals surface area contributed by atoms with Gasteiger partial charge in [-0.05, 0) is 49.3 Å². The van der Waals surface area contributed by atoms with Crippen LogP contribution in [0.3, 0.4) is 0 Å². The summed E-state index contributed by atoms with van der Waals surface area (Å²) in [6.45, 7) is 6.01. The molecule has 0 aliphatic heterocycles. The highest BCUT2D eigenvalue weighted by Crippen LogP contribution is 2.10. The Morgan fingerprint density at radius 2 is 1.82 bits per heavy atom. The van der Waals surface area contributed by atoms with E-state index >= 15 is 0 Å². The van der Waals surface area contributed by atoms with E-state index in [0.29, 0.717) is 24.3 Å². The second kappa shape index (κ2) is 8.99. The first kappa shape index (κ1) is 17.9. The minimum Gasteiger partial charge on any atom is -0.462 e. The molecule has 0 spiro atoms. The second-order valence-corrected chi connectivity index (χ2v) is 5.43. The Labute approximate surface area is 135 Å². The van der Waals surface area contributed by atoms with Crippen molar-refractivity contribution in [2.24, 2.45) is 5.92 Å². The van der Waals surface area contributed by atoms with Crippen molar-refractivity contribution in [3.8, 4) is 0 Å². The van der Waals surface area contributed by atoms with Crippen LogP contribution in [-0.2, 0) is 9.53 Å². The standard InChI is InChI=1S/C15H21N3O3S/c1-4-21-14(20)11-5-7-12(8-6-11)16-15(22)18-17-13(19)9-10(2)3/h5-8,10H,4,9H2,1-3H3,(H,17,19)(H2,16,18,22). The van der Waals surface area contributed by atoms with Gasteiger partial charge in [0.1, 0.15) is 0 Å². The summed E-state index contributed by atoms with van der Waals surface area (Å²) in [4.78, 5) is 23.0. The Bertz CT molecular complexity index is 529. The summed E-state index contributed by atoms with van der Waals surface area (Å²) in [6.07, 6.45) is 0.420. The molecular formula is C15H21N3O3S. The van der Waals surface area contributed by atoms with Gasteiger partial charge in [-0.3, -0.25) is 15.6 Å². The van der Waals surface area contributed by atoms with Crippen molar-refractivity contribution >= 4 is 34.9 Å². The Hall–Kier alpha value is -2.15. The number of anilines is 1. The van der Waals surface area contributed by atoms with Gasteiger partial charge in [-0.2, -0.15) is 0 Å². The molecule has 22 heavy (non-hydrogen) atoms. The molecule has 0 radical (unpaired) electrons. The Morgan fingerprint density at radius 1 is 1.18 bits per heavy atom. The zero-order valence-electron chi connectivity index (χ0n) is 12.9. The molecule has 0 unspecified atom stereocenters. The van der Waals surface area contributed by atoms with Crippen LogP contribution < -0.4 is 16.2 Å². The van der Waals surface area contributed by atoms with Gasteiger partial charge in [0.05, 0.1) is 12.2 Å². The van der Waals surface area contributed by atoms with Gasteiger partial charge in [-0.25, -0.2) is 4.79 Å². The average molecular weight is 323 g/mol. The number of hydrogen-bond acceptors (Lipinski definition) is 4. The lowest BCUT2D eigenvalue weighted by Crippen LogP contribution is -2.44. The number of ether oxygens (including phenoxy) is 1. The highest BCUT2D eigenvalue weighted by Gasteiger charge is 2.07. The van der Waals surface area contributed by atoms with E-state index < -0.39 is 0 Å². The lowest BCUT2D eigenvalue weighted by atomic mass is 10.1. The van der Waals surface area contributed by atoms with Crippen LogP contribution in [0.25, 0.3) is 0 Å². The summed E-state index contributed by atoms with van der Waals surface area (Å²) in [7, 11) is 0.